The van der Waals surface area contributed by atoms with Crippen LogP contribution in [-0.2, 0) is 4.74 Å². The maximum absolute atomic E-state index is 11.3. The van der Waals surface area contributed by atoms with E-state index in [0.29, 0.717) is 11.1 Å². The Morgan fingerprint density at radius 2 is 1.84 bits per heavy atom. The molecule has 0 bridgehead atoms. The summed E-state index contributed by atoms with van der Waals surface area (Å²) in [5.74, 6) is 5.28. The predicted octanol–water partition coefficient (Wildman–Crippen LogP) is 2.58. The minimum Gasteiger partial charge on any atom is -0.507 e. The van der Waals surface area contributed by atoms with Crippen molar-refractivity contribution in [2.75, 3.05) is 7.11 Å². The van der Waals surface area contributed by atoms with Crippen LogP contribution < -0.4 is 0 Å². The van der Waals surface area contributed by atoms with Gasteiger partial charge in [-0.3, -0.25) is 0 Å². The van der Waals surface area contributed by atoms with Gasteiger partial charge in [-0.15, -0.1) is 0 Å². The highest BCUT2D eigenvalue weighted by Gasteiger charge is 2.07. The molecule has 0 radical (unpaired) electrons. The van der Waals surface area contributed by atoms with E-state index in [1.807, 2.05) is 30.3 Å². The standard InChI is InChI=1S/C16H12O3/c1-19-16(18)14-10-9-13(15(17)11-14)8-7-12-5-3-2-4-6-12/h2-6,9-11,17H,1H3. The van der Waals surface area contributed by atoms with Crippen LogP contribution in [-0.4, -0.2) is 18.2 Å². The molecule has 0 aliphatic carbocycles. The van der Waals surface area contributed by atoms with Crippen molar-refractivity contribution in [3.8, 4) is 17.6 Å². The molecule has 0 aromatic heterocycles. The zero-order chi connectivity index (χ0) is 13.7. The highest BCUT2D eigenvalue weighted by molar-refractivity contribution is 5.90. The maximum atomic E-state index is 11.3. The van der Waals surface area contributed by atoms with Gasteiger partial charge in [-0.2, -0.15) is 0 Å². The SMILES string of the molecule is COC(=O)c1ccc(C#Cc2ccccc2)c(O)c1. The molecule has 0 amide bonds. The summed E-state index contributed by atoms with van der Waals surface area (Å²) in [5, 5.41) is 9.80. The Bertz CT molecular complexity index is 649. The zero-order valence-corrected chi connectivity index (χ0v) is 10.4. The van der Waals surface area contributed by atoms with Gasteiger partial charge in [0.1, 0.15) is 5.75 Å². The molecular weight excluding hydrogens is 240 g/mol. The number of esters is 1. The van der Waals surface area contributed by atoms with Crippen molar-refractivity contribution in [3.05, 3.63) is 65.2 Å². The number of hydrogen-bond acceptors (Lipinski definition) is 3. The summed E-state index contributed by atoms with van der Waals surface area (Å²) in [4.78, 5) is 11.3. The van der Waals surface area contributed by atoms with Crippen LogP contribution in [0.25, 0.3) is 0 Å². The van der Waals surface area contributed by atoms with Crippen LogP contribution in [0.15, 0.2) is 48.5 Å². The molecule has 0 atom stereocenters. The third-order valence-corrected chi connectivity index (χ3v) is 2.53. The average molecular weight is 252 g/mol. The Balaban J connectivity index is 2.28. The van der Waals surface area contributed by atoms with Crippen molar-refractivity contribution >= 4 is 5.97 Å². The average Bonchev–Trinajstić information content (AvgIpc) is 2.46. The summed E-state index contributed by atoms with van der Waals surface area (Å²) < 4.78 is 4.57. The van der Waals surface area contributed by atoms with Crippen LogP contribution in [0.1, 0.15) is 21.5 Å². The van der Waals surface area contributed by atoms with Crippen LogP contribution >= 0.6 is 0 Å². The largest absolute Gasteiger partial charge is 0.507 e. The van der Waals surface area contributed by atoms with E-state index < -0.39 is 5.97 Å². The van der Waals surface area contributed by atoms with Gasteiger partial charge in [0.2, 0.25) is 0 Å². The third kappa shape index (κ3) is 3.14. The number of benzene rings is 2. The Labute approximate surface area is 111 Å². The van der Waals surface area contributed by atoms with E-state index in [1.165, 1.54) is 13.2 Å². The van der Waals surface area contributed by atoms with Gasteiger partial charge < -0.3 is 9.84 Å². The van der Waals surface area contributed by atoms with Gasteiger partial charge in [0.25, 0.3) is 0 Å². The minimum absolute atomic E-state index is 0.0358. The number of aromatic hydroxyl groups is 1. The lowest BCUT2D eigenvalue weighted by atomic mass is 10.1. The highest BCUT2D eigenvalue weighted by atomic mass is 16.5. The molecule has 0 aliphatic heterocycles. The molecule has 94 valence electrons. The number of methoxy groups -OCH3 is 1. The monoisotopic (exact) mass is 252 g/mol. The molecule has 2 aromatic rings. The van der Waals surface area contributed by atoms with Gasteiger partial charge in [-0.05, 0) is 30.3 Å². The number of phenols is 1. The Morgan fingerprint density at radius 3 is 2.47 bits per heavy atom. The molecule has 1 N–H and O–H groups in total. The lowest BCUT2D eigenvalue weighted by molar-refractivity contribution is 0.0600. The number of rotatable bonds is 1. The summed E-state index contributed by atoms with van der Waals surface area (Å²) in [6.45, 7) is 0. The quantitative estimate of drug-likeness (QED) is 0.626. The minimum atomic E-state index is -0.488. The fourth-order valence-electron chi connectivity index (χ4n) is 1.54. The molecule has 3 heteroatoms. The Kier molecular flexibility index (Phi) is 3.84. The van der Waals surface area contributed by atoms with E-state index in [0.717, 1.165) is 5.56 Å². The van der Waals surface area contributed by atoms with Crippen LogP contribution in [0.3, 0.4) is 0 Å². The predicted molar refractivity (Wildman–Crippen MR) is 71.9 cm³/mol. The fraction of sp³-hybridized carbons (Fsp3) is 0.0625. The molecule has 3 nitrogen and oxygen atoms in total. The van der Waals surface area contributed by atoms with E-state index in [1.54, 1.807) is 12.1 Å². The van der Waals surface area contributed by atoms with Crippen molar-refractivity contribution in [2.45, 2.75) is 0 Å². The van der Waals surface area contributed by atoms with Gasteiger partial charge in [0.05, 0.1) is 18.2 Å². The highest BCUT2D eigenvalue weighted by Crippen LogP contribution is 2.18. The molecule has 0 heterocycles. The maximum Gasteiger partial charge on any atom is 0.337 e. The first kappa shape index (κ1) is 12.7. The Morgan fingerprint density at radius 1 is 1.11 bits per heavy atom. The van der Waals surface area contributed by atoms with Crippen LogP contribution in [0.2, 0.25) is 0 Å². The molecule has 19 heavy (non-hydrogen) atoms. The summed E-state index contributed by atoms with van der Waals surface area (Å²) in [5.41, 5.74) is 1.63. The van der Waals surface area contributed by atoms with E-state index >= 15 is 0 Å². The third-order valence-electron chi connectivity index (χ3n) is 2.53. The second-order valence-corrected chi connectivity index (χ2v) is 3.84. The molecule has 0 saturated carbocycles. The number of hydrogen-bond donors (Lipinski definition) is 1. The molecule has 0 unspecified atom stereocenters. The van der Waals surface area contributed by atoms with E-state index in [4.69, 9.17) is 0 Å². The zero-order valence-electron chi connectivity index (χ0n) is 10.4. The van der Waals surface area contributed by atoms with E-state index in [-0.39, 0.29) is 5.75 Å². The van der Waals surface area contributed by atoms with E-state index in [2.05, 4.69) is 16.6 Å². The van der Waals surface area contributed by atoms with Gasteiger partial charge in [-0.1, -0.05) is 30.0 Å². The van der Waals surface area contributed by atoms with Crippen molar-refractivity contribution in [1.29, 1.82) is 0 Å². The molecule has 0 spiro atoms. The molecule has 2 aromatic carbocycles. The van der Waals surface area contributed by atoms with Crippen molar-refractivity contribution < 1.29 is 14.6 Å². The first-order chi connectivity index (χ1) is 9.20. The second-order valence-electron chi connectivity index (χ2n) is 3.84. The van der Waals surface area contributed by atoms with Gasteiger partial charge in [0, 0.05) is 5.56 Å². The smallest absolute Gasteiger partial charge is 0.337 e. The fourth-order valence-corrected chi connectivity index (χ4v) is 1.54. The first-order valence-electron chi connectivity index (χ1n) is 5.69. The van der Waals surface area contributed by atoms with Crippen LogP contribution in [0.4, 0.5) is 0 Å². The summed E-state index contributed by atoms with van der Waals surface area (Å²) >= 11 is 0. The Hall–Kier alpha value is -2.73. The topological polar surface area (TPSA) is 46.5 Å². The summed E-state index contributed by atoms with van der Waals surface area (Å²) in [7, 11) is 1.29. The van der Waals surface area contributed by atoms with Crippen molar-refractivity contribution in [2.24, 2.45) is 0 Å². The number of carbonyl (C=O) groups excluding carboxylic acids is 1. The molecule has 0 saturated heterocycles. The van der Waals surface area contributed by atoms with Gasteiger partial charge in [0.15, 0.2) is 0 Å². The summed E-state index contributed by atoms with van der Waals surface area (Å²) in [6.07, 6.45) is 0. The lowest BCUT2D eigenvalue weighted by Gasteiger charge is -2.01. The normalized spacial score (nSPS) is 9.32. The van der Waals surface area contributed by atoms with Gasteiger partial charge in [-0.25, -0.2) is 4.79 Å². The molecule has 2 rings (SSSR count). The lowest BCUT2D eigenvalue weighted by Crippen LogP contribution is -2.00. The number of ether oxygens (including phenoxy) is 1. The van der Waals surface area contributed by atoms with Crippen molar-refractivity contribution in [3.63, 3.8) is 0 Å². The van der Waals surface area contributed by atoms with Crippen LogP contribution in [0, 0.1) is 11.8 Å². The molecule has 0 aliphatic rings. The molecule has 0 fully saturated rings. The summed E-state index contributed by atoms with van der Waals surface area (Å²) in [6, 6.07) is 14.0. The second kappa shape index (κ2) is 5.74. The first-order valence-corrected chi connectivity index (χ1v) is 5.69. The number of phenolic OH excluding ortho intramolecular Hbond substituents is 1. The molecular formula is C16H12O3. The van der Waals surface area contributed by atoms with Crippen molar-refractivity contribution in [1.82, 2.24) is 0 Å². The number of carbonyl (C=O) groups is 1. The van der Waals surface area contributed by atoms with Crippen LogP contribution in [0.5, 0.6) is 5.75 Å². The van der Waals surface area contributed by atoms with Gasteiger partial charge >= 0.3 is 5.97 Å². The van der Waals surface area contributed by atoms with E-state index in [9.17, 15) is 9.90 Å².